The summed E-state index contributed by atoms with van der Waals surface area (Å²) in [6.07, 6.45) is 0. The Balaban J connectivity index is 1.61. The molecule has 2 aliphatic heterocycles. The Morgan fingerprint density at radius 3 is 2.37 bits per heavy atom. The molecule has 0 aliphatic carbocycles. The van der Waals surface area contributed by atoms with Crippen LogP contribution < -0.4 is 5.32 Å². The minimum absolute atomic E-state index is 0.140. The molecule has 2 heterocycles. The van der Waals surface area contributed by atoms with Gasteiger partial charge >= 0.3 is 12.0 Å². The predicted octanol–water partition coefficient (Wildman–Crippen LogP) is 3.04. The van der Waals surface area contributed by atoms with Crippen molar-refractivity contribution in [3.8, 4) is 0 Å². The summed E-state index contributed by atoms with van der Waals surface area (Å²) in [6.45, 7) is 7.44. The van der Waals surface area contributed by atoms with Gasteiger partial charge in [-0.3, -0.25) is 9.80 Å². The van der Waals surface area contributed by atoms with Gasteiger partial charge < -0.3 is 10.1 Å². The van der Waals surface area contributed by atoms with Crippen LogP contribution >= 0.6 is 0 Å². The van der Waals surface area contributed by atoms with Gasteiger partial charge in [0.1, 0.15) is 5.82 Å². The second-order valence-electron chi connectivity index (χ2n) is 9.26. The first-order valence-corrected chi connectivity index (χ1v) is 14.1. The smallest absolute Gasteiger partial charge is 0.338 e. The number of carbonyl (C=O) groups excluding carboxylic acids is 2. The van der Waals surface area contributed by atoms with Crippen molar-refractivity contribution in [3.05, 3.63) is 76.7 Å². The van der Waals surface area contributed by atoms with Gasteiger partial charge in [0, 0.05) is 45.0 Å². The topological polar surface area (TPSA) is 99.3 Å². The fraction of sp³-hybridized carbons (Fsp3) is 0.407. The summed E-state index contributed by atoms with van der Waals surface area (Å²) >= 11 is 0. The van der Waals surface area contributed by atoms with Crippen LogP contribution in [0.25, 0.3) is 0 Å². The van der Waals surface area contributed by atoms with Crippen LogP contribution in [0.5, 0.6) is 0 Å². The lowest BCUT2D eigenvalue weighted by molar-refractivity contribution is -0.139. The van der Waals surface area contributed by atoms with Crippen molar-refractivity contribution in [2.45, 2.75) is 31.7 Å². The fourth-order valence-electron chi connectivity index (χ4n) is 4.79. The van der Waals surface area contributed by atoms with Gasteiger partial charge in [0.2, 0.25) is 10.0 Å². The van der Waals surface area contributed by atoms with E-state index in [0.29, 0.717) is 30.9 Å². The number of piperazine rings is 1. The molecule has 2 amide bonds. The molecule has 0 spiro atoms. The molecule has 2 aliphatic rings. The first kappa shape index (κ1) is 27.7. The summed E-state index contributed by atoms with van der Waals surface area (Å²) in [7, 11) is -3.63. The van der Waals surface area contributed by atoms with E-state index in [1.54, 1.807) is 44.2 Å². The van der Waals surface area contributed by atoms with Gasteiger partial charge in [-0.1, -0.05) is 29.8 Å². The largest absolute Gasteiger partial charge is 0.463 e. The fourth-order valence-corrected chi connectivity index (χ4v) is 6.22. The summed E-state index contributed by atoms with van der Waals surface area (Å²) in [5.74, 6) is -1.07. The molecule has 1 N–H and O–H groups in total. The molecule has 11 heteroatoms. The molecule has 38 heavy (non-hydrogen) atoms. The van der Waals surface area contributed by atoms with Gasteiger partial charge in [-0.2, -0.15) is 4.31 Å². The SMILES string of the molecule is CCOC(=O)C1=C(CN2CCN(S(=O)(=O)c3ccc(C)cc3)CC2)N(CC)C(=O)NC1c1cccc(F)c1. The molecule has 9 nitrogen and oxygen atoms in total. The molecule has 0 bridgehead atoms. The zero-order valence-electron chi connectivity index (χ0n) is 21.8. The summed E-state index contributed by atoms with van der Waals surface area (Å²) in [6, 6.07) is 11.3. The molecule has 2 aromatic carbocycles. The minimum Gasteiger partial charge on any atom is -0.463 e. The number of aryl methyl sites for hydroxylation is 1. The van der Waals surface area contributed by atoms with Crippen molar-refractivity contribution in [3.63, 3.8) is 0 Å². The first-order valence-electron chi connectivity index (χ1n) is 12.7. The van der Waals surface area contributed by atoms with Gasteiger partial charge in [0.25, 0.3) is 0 Å². The Labute approximate surface area is 222 Å². The maximum absolute atomic E-state index is 14.1. The highest BCUT2D eigenvalue weighted by molar-refractivity contribution is 7.89. The summed E-state index contributed by atoms with van der Waals surface area (Å²) in [4.78, 5) is 30.0. The van der Waals surface area contributed by atoms with E-state index in [1.165, 1.54) is 27.4 Å². The van der Waals surface area contributed by atoms with Crippen LogP contribution in [-0.4, -0.2) is 80.4 Å². The van der Waals surface area contributed by atoms with E-state index in [4.69, 9.17) is 4.74 Å². The lowest BCUT2D eigenvalue weighted by Crippen LogP contribution is -2.53. The van der Waals surface area contributed by atoms with Gasteiger partial charge in [0.15, 0.2) is 0 Å². The maximum atomic E-state index is 14.1. The minimum atomic E-state index is -3.63. The van der Waals surface area contributed by atoms with E-state index in [2.05, 4.69) is 5.32 Å². The summed E-state index contributed by atoms with van der Waals surface area (Å²) in [5, 5.41) is 2.82. The molecule has 1 saturated heterocycles. The zero-order chi connectivity index (χ0) is 27.4. The third-order valence-corrected chi connectivity index (χ3v) is 8.71. The number of nitrogens with zero attached hydrogens (tertiary/aromatic N) is 3. The number of amides is 2. The number of hydrogen-bond acceptors (Lipinski definition) is 6. The van der Waals surface area contributed by atoms with Crippen molar-refractivity contribution < 1.29 is 27.1 Å². The van der Waals surface area contributed by atoms with Crippen molar-refractivity contribution >= 4 is 22.0 Å². The van der Waals surface area contributed by atoms with E-state index in [9.17, 15) is 22.4 Å². The van der Waals surface area contributed by atoms with E-state index < -0.39 is 33.9 Å². The van der Waals surface area contributed by atoms with Crippen LogP contribution in [-0.2, 0) is 19.6 Å². The Morgan fingerprint density at radius 2 is 1.76 bits per heavy atom. The number of benzene rings is 2. The Bertz CT molecular complexity index is 1320. The van der Waals surface area contributed by atoms with Crippen molar-refractivity contribution in [1.29, 1.82) is 0 Å². The number of halogens is 1. The van der Waals surface area contributed by atoms with Crippen LogP contribution in [0.3, 0.4) is 0 Å². The van der Waals surface area contributed by atoms with Gasteiger partial charge in [0.05, 0.1) is 23.1 Å². The second kappa shape index (κ2) is 11.6. The Hall–Kier alpha value is -3.28. The average molecular weight is 545 g/mol. The summed E-state index contributed by atoms with van der Waals surface area (Å²) < 4.78 is 47.1. The number of urea groups is 1. The second-order valence-corrected chi connectivity index (χ2v) is 11.2. The zero-order valence-corrected chi connectivity index (χ0v) is 22.6. The van der Waals surface area contributed by atoms with Crippen LogP contribution in [0.2, 0.25) is 0 Å². The third-order valence-electron chi connectivity index (χ3n) is 6.80. The quantitative estimate of drug-likeness (QED) is 0.513. The predicted molar refractivity (Wildman–Crippen MR) is 140 cm³/mol. The van der Waals surface area contributed by atoms with Crippen LogP contribution in [0.1, 0.15) is 31.0 Å². The van der Waals surface area contributed by atoms with Gasteiger partial charge in [-0.15, -0.1) is 0 Å². The Morgan fingerprint density at radius 1 is 1.08 bits per heavy atom. The van der Waals surface area contributed by atoms with Crippen molar-refractivity contribution in [1.82, 2.24) is 19.4 Å². The third kappa shape index (κ3) is 5.74. The molecule has 204 valence electrons. The molecule has 0 saturated carbocycles. The molecule has 1 fully saturated rings. The monoisotopic (exact) mass is 544 g/mol. The molecule has 1 atom stereocenters. The van der Waals surface area contributed by atoms with E-state index in [1.807, 2.05) is 11.8 Å². The number of nitrogens with one attached hydrogen (secondary N) is 1. The van der Waals surface area contributed by atoms with Crippen LogP contribution in [0.4, 0.5) is 9.18 Å². The maximum Gasteiger partial charge on any atom is 0.338 e. The molecule has 0 aromatic heterocycles. The molecule has 0 radical (unpaired) electrons. The molecule has 1 unspecified atom stereocenters. The first-order chi connectivity index (χ1) is 18.1. The number of hydrogen-bond donors (Lipinski definition) is 1. The number of ether oxygens (including phenoxy) is 1. The number of likely N-dealkylation sites (N-methyl/N-ethyl adjacent to an activating group) is 1. The average Bonchev–Trinajstić information content (AvgIpc) is 2.89. The highest BCUT2D eigenvalue weighted by Gasteiger charge is 2.39. The molecule has 2 aromatic rings. The van der Waals surface area contributed by atoms with Gasteiger partial charge in [-0.05, 0) is 50.6 Å². The molecule has 4 rings (SSSR count). The summed E-state index contributed by atoms with van der Waals surface area (Å²) in [5.41, 5.74) is 2.13. The number of rotatable bonds is 8. The van der Waals surface area contributed by atoms with Crippen LogP contribution in [0.15, 0.2) is 64.7 Å². The lowest BCUT2D eigenvalue weighted by Gasteiger charge is -2.40. The molecular weight excluding hydrogens is 511 g/mol. The highest BCUT2D eigenvalue weighted by Crippen LogP contribution is 2.32. The van der Waals surface area contributed by atoms with E-state index in [0.717, 1.165) is 5.56 Å². The van der Waals surface area contributed by atoms with Crippen LogP contribution in [0, 0.1) is 12.7 Å². The number of sulfonamides is 1. The van der Waals surface area contributed by atoms with E-state index >= 15 is 0 Å². The number of esters is 1. The lowest BCUT2D eigenvalue weighted by atomic mass is 9.94. The van der Waals surface area contributed by atoms with Gasteiger partial charge in [-0.25, -0.2) is 22.4 Å². The number of carbonyl (C=O) groups is 2. The highest BCUT2D eigenvalue weighted by atomic mass is 32.2. The van der Waals surface area contributed by atoms with Crippen molar-refractivity contribution in [2.75, 3.05) is 45.9 Å². The van der Waals surface area contributed by atoms with Crippen molar-refractivity contribution in [2.24, 2.45) is 0 Å². The van der Waals surface area contributed by atoms with E-state index in [-0.39, 0.29) is 36.7 Å². The standard InChI is InChI=1S/C27H33FN4O5S/c1-4-32-23(18-30-13-15-31(16-14-30)38(35,36)22-11-9-19(3)10-12-22)24(26(33)37-5-2)25(29-27(32)34)20-7-6-8-21(28)17-20/h6-12,17,25H,4-5,13-16,18H2,1-3H3,(H,29,34). The molecular formula is C27H33FN4O5S. The Kier molecular flexibility index (Phi) is 8.49. The normalized spacial score (nSPS) is 19.4.